The fraction of sp³-hybridized carbons (Fsp3) is 0.250. The number of nitrogens with one attached hydrogen (secondary N) is 1. The number of aryl methyl sites for hydroxylation is 3. The van der Waals surface area contributed by atoms with E-state index in [2.05, 4.69) is 9.82 Å². The molecule has 0 atom stereocenters. The van der Waals surface area contributed by atoms with Gasteiger partial charge in [0, 0.05) is 24.3 Å². The van der Waals surface area contributed by atoms with Crippen LogP contribution in [-0.4, -0.2) is 18.2 Å². The van der Waals surface area contributed by atoms with Crippen molar-refractivity contribution in [2.24, 2.45) is 7.05 Å². The number of aromatic nitrogens is 2. The molecule has 0 spiro atoms. The smallest absolute Gasteiger partial charge is 0.263 e. The van der Waals surface area contributed by atoms with E-state index in [9.17, 15) is 8.42 Å². The molecule has 0 radical (unpaired) electrons. The molecule has 0 bridgehead atoms. The highest BCUT2D eigenvalue weighted by atomic mass is 35.5. The summed E-state index contributed by atoms with van der Waals surface area (Å²) < 4.78 is 28.5. The van der Waals surface area contributed by atoms with Crippen LogP contribution in [0.15, 0.2) is 29.3 Å². The summed E-state index contributed by atoms with van der Waals surface area (Å²) in [6.07, 6.45) is 1.66. The maximum Gasteiger partial charge on any atom is 0.263 e. The van der Waals surface area contributed by atoms with Crippen LogP contribution < -0.4 is 4.72 Å². The van der Waals surface area contributed by atoms with Gasteiger partial charge < -0.3 is 0 Å². The highest BCUT2D eigenvalue weighted by Crippen LogP contribution is 2.25. The van der Waals surface area contributed by atoms with Gasteiger partial charge in [-0.1, -0.05) is 11.6 Å². The van der Waals surface area contributed by atoms with Crippen molar-refractivity contribution in [1.29, 1.82) is 0 Å². The first-order valence-corrected chi connectivity index (χ1v) is 7.45. The minimum atomic E-state index is -3.65. The Morgan fingerprint density at radius 2 is 1.95 bits per heavy atom. The number of hydrogen-bond donors (Lipinski definition) is 1. The molecule has 2 aromatic rings. The van der Waals surface area contributed by atoms with Gasteiger partial charge in [-0.15, -0.1) is 0 Å². The van der Waals surface area contributed by atoms with Crippen molar-refractivity contribution in [3.05, 3.63) is 40.5 Å². The fourth-order valence-corrected chi connectivity index (χ4v) is 3.23. The Labute approximate surface area is 117 Å². The molecule has 0 saturated heterocycles. The summed E-state index contributed by atoms with van der Waals surface area (Å²) in [7, 11) is -1.94. The van der Waals surface area contributed by atoms with E-state index in [-0.39, 0.29) is 10.7 Å². The van der Waals surface area contributed by atoms with E-state index in [0.717, 1.165) is 0 Å². The molecule has 5 nitrogen and oxygen atoms in total. The Kier molecular flexibility index (Phi) is 3.56. The van der Waals surface area contributed by atoms with Gasteiger partial charge >= 0.3 is 0 Å². The Hall–Kier alpha value is -1.53. The maximum absolute atomic E-state index is 12.3. The molecule has 1 aromatic carbocycles. The molecule has 0 saturated carbocycles. The Bertz CT molecular complexity index is 723. The molecule has 0 aliphatic carbocycles. The van der Waals surface area contributed by atoms with Gasteiger partial charge in [0.2, 0.25) is 0 Å². The van der Waals surface area contributed by atoms with Crippen LogP contribution in [0.25, 0.3) is 0 Å². The van der Waals surface area contributed by atoms with Crippen molar-refractivity contribution < 1.29 is 8.42 Å². The van der Waals surface area contributed by atoms with E-state index in [4.69, 9.17) is 11.6 Å². The van der Waals surface area contributed by atoms with Crippen molar-refractivity contribution in [3.63, 3.8) is 0 Å². The quantitative estimate of drug-likeness (QED) is 0.947. The van der Waals surface area contributed by atoms with Crippen LogP contribution in [0.4, 0.5) is 5.82 Å². The SMILES string of the molecule is Cc1cc(S(=O)(=O)Nc2ccn(C)n2)c(C)cc1Cl. The van der Waals surface area contributed by atoms with Crippen LogP contribution in [0.1, 0.15) is 11.1 Å². The summed E-state index contributed by atoms with van der Waals surface area (Å²) in [6.45, 7) is 3.47. The molecule has 0 fully saturated rings. The number of rotatable bonds is 3. The van der Waals surface area contributed by atoms with Crippen molar-refractivity contribution >= 4 is 27.4 Å². The average Bonchev–Trinajstić information content (AvgIpc) is 2.68. The first kappa shape index (κ1) is 13.9. The highest BCUT2D eigenvalue weighted by molar-refractivity contribution is 7.92. The van der Waals surface area contributed by atoms with Crippen LogP contribution in [0.3, 0.4) is 0 Å². The van der Waals surface area contributed by atoms with Gasteiger partial charge in [-0.25, -0.2) is 8.42 Å². The minimum Gasteiger partial charge on any atom is -0.274 e. The van der Waals surface area contributed by atoms with Gasteiger partial charge in [-0.05, 0) is 37.1 Å². The van der Waals surface area contributed by atoms with E-state index in [1.807, 2.05) is 0 Å². The summed E-state index contributed by atoms with van der Waals surface area (Å²) in [5.74, 6) is 0.287. The average molecular weight is 300 g/mol. The zero-order valence-electron chi connectivity index (χ0n) is 10.8. The van der Waals surface area contributed by atoms with Crippen LogP contribution in [0.2, 0.25) is 5.02 Å². The topological polar surface area (TPSA) is 64.0 Å². The first-order chi connectivity index (χ1) is 8.79. The lowest BCUT2D eigenvalue weighted by molar-refractivity contribution is 0.600. The molecule has 1 aromatic heterocycles. The normalized spacial score (nSPS) is 11.6. The summed E-state index contributed by atoms with van der Waals surface area (Å²) in [4.78, 5) is 0.208. The van der Waals surface area contributed by atoms with Gasteiger partial charge in [0.15, 0.2) is 5.82 Å². The Morgan fingerprint density at radius 1 is 1.26 bits per heavy atom. The molecule has 0 aliphatic rings. The monoisotopic (exact) mass is 299 g/mol. The number of halogens is 1. The molecule has 19 heavy (non-hydrogen) atoms. The van der Waals surface area contributed by atoms with E-state index in [1.54, 1.807) is 45.3 Å². The second kappa shape index (κ2) is 4.86. The molecular formula is C12H14ClN3O2S. The third kappa shape index (κ3) is 2.90. The number of anilines is 1. The summed E-state index contributed by atoms with van der Waals surface area (Å²) in [5, 5.41) is 4.54. The maximum atomic E-state index is 12.3. The molecule has 7 heteroatoms. The number of benzene rings is 1. The predicted molar refractivity (Wildman–Crippen MR) is 74.9 cm³/mol. The van der Waals surface area contributed by atoms with E-state index in [1.165, 1.54) is 4.68 Å². The minimum absolute atomic E-state index is 0.208. The molecule has 0 amide bonds. The standard InChI is InChI=1S/C12H14ClN3O2S/c1-8-7-11(9(2)6-10(8)13)19(17,18)15-12-4-5-16(3)14-12/h4-7H,1-3H3,(H,14,15). The summed E-state index contributed by atoms with van der Waals surface area (Å²) >= 11 is 5.97. The third-order valence-electron chi connectivity index (χ3n) is 2.70. The van der Waals surface area contributed by atoms with Gasteiger partial charge in [0.1, 0.15) is 0 Å². The molecule has 2 rings (SSSR count). The second-order valence-corrected chi connectivity index (χ2v) is 6.41. The molecule has 0 aliphatic heterocycles. The predicted octanol–water partition coefficient (Wildman–Crippen LogP) is 2.49. The molecule has 102 valence electrons. The number of sulfonamides is 1. The lowest BCUT2D eigenvalue weighted by Gasteiger charge is -2.10. The van der Waals surface area contributed by atoms with Crippen LogP contribution in [-0.2, 0) is 17.1 Å². The zero-order valence-corrected chi connectivity index (χ0v) is 12.4. The van der Waals surface area contributed by atoms with Gasteiger partial charge in [0.05, 0.1) is 4.90 Å². The van der Waals surface area contributed by atoms with E-state index < -0.39 is 10.0 Å². The van der Waals surface area contributed by atoms with Gasteiger partial charge in [-0.3, -0.25) is 9.40 Å². The number of hydrogen-bond acceptors (Lipinski definition) is 3. The lowest BCUT2D eigenvalue weighted by Crippen LogP contribution is -2.15. The first-order valence-electron chi connectivity index (χ1n) is 5.59. The summed E-state index contributed by atoms with van der Waals surface area (Å²) in [5.41, 5.74) is 1.31. The number of nitrogens with zero attached hydrogens (tertiary/aromatic N) is 2. The highest BCUT2D eigenvalue weighted by Gasteiger charge is 2.19. The molecule has 0 unspecified atom stereocenters. The van der Waals surface area contributed by atoms with Gasteiger partial charge in [0.25, 0.3) is 10.0 Å². The van der Waals surface area contributed by atoms with Crippen molar-refractivity contribution in [2.45, 2.75) is 18.7 Å². The van der Waals surface area contributed by atoms with E-state index in [0.29, 0.717) is 16.1 Å². The van der Waals surface area contributed by atoms with Crippen molar-refractivity contribution in [1.82, 2.24) is 9.78 Å². The van der Waals surface area contributed by atoms with Crippen molar-refractivity contribution in [2.75, 3.05) is 4.72 Å². The van der Waals surface area contributed by atoms with Crippen molar-refractivity contribution in [3.8, 4) is 0 Å². The molecule has 1 heterocycles. The van der Waals surface area contributed by atoms with E-state index >= 15 is 0 Å². The van der Waals surface area contributed by atoms with Gasteiger partial charge in [-0.2, -0.15) is 5.10 Å². The molecular weight excluding hydrogens is 286 g/mol. The van der Waals surface area contributed by atoms with Crippen LogP contribution in [0, 0.1) is 13.8 Å². The fourth-order valence-electron chi connectivity index (χ4n) is 1.71. The largest absolute Gasteiger partial charge is 0.274 e. The van der Waals surface area contributed by atoms with Crippen LogP contribution in [0.5, 0.6) is 0 Å². The zero-order chi connectivity index (χ0) is 14.2. The lowest BCUT2D eigenvalue weighted by atomic mass is 10.2. The third-order valence-corrected chi connectivity index (χ3v) is 4.60. The summed E-state index contributed by atoms with van der Waals surface area (Å²) in [6, 6.07) is 4.79. The second-order valence-electron chi connectivity index (χ2n) is 4.35. The Balaban J connectivity index is 2.42. The Morgan fingerprint density at radius 3 is 2.53 bits per heavy atom. The molecule has 1 N–H and O–H groups in total. The van der Waals surface area contributed by atoms with Crippen LogP contribution >= 0.6 is 11.6 Å².